The van der Waals surface area contributed by atoms with Gasteiger partial charge in [0.15, 0.2) is 0 Å². The summed E-state index contributed by atoms with van der Waals surface area (Å²) in [5.41, 5.74) is -0.167. The van der Waals surface area contributed by atoms with Crippen molar-refractivity contribution >= 4 is 0 Å². The molecule has 66 valence electrons. The second-order valence-electron chi connectivity index (χ2n) is 2.40. The molecule has 0 bridgehead atoms. The molecule has 0 N–H and O–H groups in total. The Bertz CT molecular complexity index is 267. The van der Waals surface area contributed by atoms with Crippen molar-refractivity contribution in [2.45, 2.75) is 19.5 Å². The molecule has 0 aliphatic rings. The van der Waals surface area contributed by atoms with Crippen LogP contribution in [0.2, 0.25) is 0 Å². The fourth-order valence-corrected chi connectivity index (χ4v) is 0.849. The zero-order valence-electron chi connectivity index (χ0n) is 6.52. The maximum atomic E-state index is 12.0. The van der Waals surface area contributed by atoms with Gasteiger partial charge in [0.1, 0.15) is 5.69 Å². The normalized spacial score (nSPS) is 11.7. The molecule has 0 spiro atoms. The Morgan fingerprint density at radius 3 is 2.58 bits per heavy atom. The van der Waals surface area contributed by atoms with Crippen molar-refractivity contribution in [1.82, 2.24) is 4.98 Å². The van der Waals surface area contributed by atoms with E-state index in [1.807, 2.05) is 0 Å². The molecule has 0 saturated carbocycles. The molecule has 1 rings (SSSR count). The van der Waals surface area contributed by atoms with Crippen LogP contribution in [0.5, 0.6) is 0 Å². The Morgan fingerprint density at radius 1 is 1.42 bits per heavy atom. The molecular weight excluding hydrogens is 167 g/mol. The first kappa shape index (κ1) is 9.03. The third-order valence-corrected chi connectivity index (χ3v) is 1.52. The molecular formula is C8H8F3N. The monoisotopic (exact) mass is 175 g/mol. The van der Waals surface area contributed by atoms with E-state index in [0.717, 1.165) is 6.07 Å². The predicted octanol–water partition coefficient (Wildman–Crippen LogP) is 2.66. The minimum atomic E-state index is -4.33. The molecule has 0 fully saturated rings. The largest absolute Gasteiger partial charge is 0.433 e. The van der Waals surface area contributed by atoms with Gasteiger partial charge in [0, 0.05) is 6.20 Å². The van der Waals surface area contributed by atoms with Gasteiger partial charge in [-0.25, -0.2) is 0 Å². The molecule has 0 atom stereocenters. The van der Waals surface area contributed by atoms with Gasteiger partial charge in [0.25, 0.3) is 0 Å². The molecule has 1 nitrogen and oxygen atoms in total. The SMILES string of the molecule is CCc1ccnc(C(F)(F)F)c1. The summed E-state index contributed by atoms with van der Waals surface area (Å²) in [6.07, 6.45) is -2.56. The number of rotatable bonds is 1. The van der Waals surface area contributed by atoms with E-state index in [-0.39, 0.29) is 0 Å². The molecule has 12 heavy (non-hydrogen) atoms. The van der Waals surface area contributed by atoms with Gasteiger partial charge in [-0.1, -0.05) is 6.92 Å². The Kier molecular flexibility index (Phi) is 2.35. The molecule has 0 unspecified atom stereocenters. The number of nitrogens with zero attached hydrogens (tertiary/aromatic N) is 1. The highest BCUT2D eigenvalue weighted by molar-refractivity contribution is 5.17. The third kappa shape index (κ3) is 1.96. The van der Waals surface area contributed by atoms with E-state index in [9.17, 15) is 13.2 Å². The van der Waals surface area contributed by atoms with Crippen molar-refractivity contribution in [3.05, 3.63) is 29.6 Å². The number of hydrogen-bond acceptors (Lipinski definition) is 1. The molecule has 1 aromatic rings. The zero-order chi connectivity index (χ0) is 9.19. The topological polar surface area (TPSA) is 12.9 Å². The lowest BCUT2D eigenvalue weighted by molar-refractivity contribution is -0.141. The Labute approximate surface area is 68.2 Å². The van der Waals surface area contributed by atoms with E-state index in [1.165, 1.54) is 6.20 Å². The molecule has 0 radical (unpaired) electrons. The second-order valence-corrected chi connectivity index (χ2v) is 2.40. The van der Waals surface area contributed by atoms with Crippen LogP contribution in [0.15, 0.2) is 18.3 Å². The smallest absolute Gasteiger partial charge is 0.252 e. The van der Waals surface area contributed by atoms with Crippen molar-refractivity contribution < 1.29 is 13.2 Å². The summed E-state index contributed by atoms with van der Waals surface area (Å²) in [6, 6.07) is 2.65. The van der Waals surface area contributed by atoms with Crippen LogP contribution in [-0.2, 0) is 12.6 Å². The highest BCUT2D eigenvalue weighted by Gasteiger charge is 2.32. The minimum absolute atomic E-state index is 0.589. The average Bonchev–Trinajstić information content (AvgIpc) is 2.03. The van der Waals surface area contributed by atoms with Crippen molar-refractivity contribution in [1.29, 1.82) is 0 Å². The van der Waals surface area contributed by atoms with Gasteiger partial charge in [-0.15, -0.1) is 0 Å². The number of alkyl halides is 3. The second kappa shape index (κ2) is 3.13. The fourth-order valence-electron chi connectivity index (χ4n) is 0.849. The first-order chi connectivity index (χ1) is 5.54. The van der Waals surface area contributed by atoms with Crippen LogP contribution >= 0.6 is 0 Å². The lowest BCUT2D eigenvalue weighted by atomic mass is 10.2. The Morgan fingerprint density at radius 2 is 2.08 bits per heavy atom. The molecule has 0 aliphatic heterocycles. The summed E-state index contributed by atoms with van der Waals surface area (Å²) in [5, 5.41) is 0. The molecule has 1 aromatic heterocycles. The maximum Gasteiger partial charge on any atom is 0.433 e. The number of aryl methyl sites for hydroxylation is 1. The quantitative estimate of drug-likeness (QED) is 0.639. The number of hydrogen-bond donors (Lipinski definition) is 0. The summed E-state index contributed by atoms with van der Waals surface area (Å²) in [7, 11) is 0. The van der Waals surface area contributed by atoms with Crippen molar-refractivity contribution in [3.63, 3.8) is 0 Å². The van der Waals surface area contributed by atoms with E-state index in [2.05, 4.69) is 4.98 Å². The first-order valence-electron chi connectivity index (χ1n) is 3.56. The molecule has 1 heterocycles. The summed E-state index contributed by atoms with van der Waals surface area (Å²) < 4.78 is 36.1. The van der Waals surface area contributed by atoms with Gasteiger partial charge in [-0.05, 0) is 24.1 Å². The molecule has 0 saturated heterocycles. The standard InChI is InChI=1S/C8H8F3N/c1-2-6-3-4-12-7(5-6)8(9,10)11/h3-5H,2H2,1H3. The Hall–Kier alpha value is -1.06. The summed E-state index contributed by atoms with van der Waals surface area (Å²) >= 11 is 0. The van der Waals surface area contributed by atoms with Crippen LogP contribution in [0.25, 0.3) is 0 Å². The number of pyridine rings is 1. The van der Waals surface area contributed by atoms with Crippen LogP contribution < -0.4 is 0 Å². The van der Waals surface area contributed by atoms with E-state index < -0.39 is 11.9 Å². The summed E-state index contributed by atoms with van der Waals surface area (Å²) in [4.78, 5) is 3.23. The Balaban J connectivity index is 3.02. The van der Waals surface area contributed by atoms with Gasteiger partial charge in [0.05, 0.1) is 0 Å². The van der Waals surface area contributed by atoms with Gasteiger partial charge in [-0.3, -0.25) is 4.98 Å². The highest BCUT2D eigenvalue weighted by atomic mass is 19.4. The molecule has 4 heteroatoms. The maximum absolute atomic E-state index is 12.0. The van der Waals surface area contributed by atoms with Crippen molar-refractivity contribution in [2.75, 3.05) is 0 Å². The third-order valence-electron chi connectivity index (χ3n) is 1.52. The van der Waals surface area contributed by atoms with Crippen LogP contribution in [0.1, 0.15) is 18.2 Å². The van der Waals surface area contributed by atoms with Gasteiger partial charge >= 0.3 is 6.18 Å². The zero-order valence-corrected chi connectivity index (χ0v) is 6.52. The fraction of sp³-hybridized carbons (Fsp3) is 0.375. The average molecular weight is 175 g/mol. The molecule has 0 aliphatic carbocycles. The van der Waals surface area contributed by atoms with Crippen LogP contribution in [0.3, 0.4) is 0 Å². The van der Waals surface area contributed by atoms with Crippen LogP contribution in [0.4, 0.5) is 13.2 Å². The van der Waals surface area contributed by atoms with E-state index in [1.54, 1.807) is 13.0 Å². The molecule has 0 amide bonds. The van der Waals surface area contributed by atoms with Gasteiger partial charge in [0.2, 0.25) is 0 Å². The predicted molar refractivity (Wildman–Crippen MR) is 38.6 cm³/mol. The highest BCUT2D eigenvalue weighted by Crippen LogP contribution is 2.27. The summed E-state index contributed by atoms with van der Waals surface area (Å²) in [5.74, 6) is 0. The number of aromatic nitrogens is 1. The minimum Gasteiger partial charge on any atom is -0.252 e. The van der Waals surface area contributed by atoms with Crippen molar-refractivity contribution in [3.8, 4) is 0 Å². The van der Waals surface area contributed by atoms with Crippen LogP contribution in [0, 0.1) is 0 Å². The summed E-state index contributed by atoms with van der Waals surface area (Å²) in [6.45, 7) is 1.80. The lowest BCUT2D eigenvalue weighted by Gasteiger charge is -2.05. The van der Waals surface area contributed by atoms with Gasteiger partial charge in [-0.2, -0.15) is 13.2 Å². The van der Waals surface area contributed by atoms with Crippen LogP contribution in [-0.4, -0.2) is 4.98 Å². The first-order valence-corrected chi connectivity index (χ1v) is 3.56. The van der Waals surface area contributed by atoms with Crippen molar-refractivity contribution in [2.24, 2.45) is 0 Å². The van der Waals surface area contributed by atoms with Gasteiger partial charge < -0.3 is 0 Å². The van der Waals surface area contributed by atoms with E-state index in [0.29, 0.717) is 12.0 Å². The van der Waals surface area contributed by atoms with E-state index in [4.69, 9.17) is 0 Å². The molecule has 0 aromatic carbocycles. The lowest BCUT2D eigenvalue weighted by Crippen LogP contribution is -2.07. The van der Waals surface area contributed by atoms with E-state index >= 15 is 0 Å². The number of halogens is 3.